The molecule has 3 N–H and O–H groups in total. The third kappa shape index (κ3) is 3.17. The van der Waals surface area contributed by atoms with Crippen LogP contribution in [-0.2, 0) is 10.0 Å². The van der Waals surface area contributed by atoms with Crippen LogP contribution in [0.25, 0.3) is 0 Å². The van der Waals surface area contributed by atoms with Gasteiger partial charge in [-0.15, -0.1) is 11.3 Å². The van der Waals surface area contributed by atoms with E-state index in [1.54, 1.807) is 25.3 Å². The van der Waals surface area contributed by atoms with Crippen molar-refractivity contribution >= 4 is 27.0 Å². The van der Waals surface area contributed by atoms with Crippen molar-refractivity contribution in [2.45, 2.75) is 31.7 Å². The summed E-state index contributed by atoms with van der Waals surface area (Å²) in [6.07, 6.45) is 1.73. The van der Waals surface area contributed by atoms with E-state index in [2.05, 4.69) is 9.71 Å². The predicted octanol–water partition coefficient (Wildman–Crippen LogP) is 2.38. The van der Waals surface area contributed by atoms with Crippen molar-refractivity contribution in [3.8, 4) is 0 Å². The van der Waals surface area contributed by atoms with Crippen molar-refractivity contribution in [2.24, 2.45) is 0 Å². The van der Waals surface area contributed by atoms with Gasteiger partial charge in [-0.05, 0) is 38.5 Å². The van der Waals surface area contributed by atoms with E-state index in [1.807, 2.05) is 13.8 Å². The molecule has 0 spiro atoms. The molecule has 7 heteroatoms. The van der Waals surface area contributed by atoms with Gasteiger partial charge in [-0.2, -0.15) is 0 Å². The molecule has 108 valence electrons. The standard InChI is InChI=1S/C13H17N3O2S2/c1-8-4-5-11(6-12(8)14)20(17,18)16-10(3)13-15-7-9(2)19-13/h4-7,10,16H,14H2,1-3H3. The normalized spacial score (nSPS) is 13.3. The SMILES string of the molecule is Cc1cnc(C(C)NS(=O)(=O)c2ccc(C)c(N)c2)s1. The van der Waals surface area contributed by atoms with Gasteiger partial charge in [0.05, 0.1) is 10.9 Å². The Morgan fingerprint density at radius 3 is 2.60 bits per heavy atom. The first-order chi connectivity index (χ1) is 9.29. The van der Waals surface area contributed by atoms with Gasteiger partial charge in [-0.1, -0.05) is 6.07 Å². The zero-order chi connectivity index (χ0) is 14.9. The third-order valence-electron chi connectivity index (χ3n) is 2.90. The van der Waals surface area contributed by atoms with Crippen LogP contribution in [0.2, 0.25) is 0 Å². The van der Waals surface area contributed by atoms with Crippen LogP contribution < -0.4 is 10.5 Å². The fourth-order valence-electron chi connectivity index (χ4n) is 1.71. The van der Waals surface area contributed by atoms with Gasteiger partial charge < -0.3 is 5.73 Å². The number of thiazole rings is 1. The van der Waals surface area contributed by atoms with Crippen LogP contribution in [0, 0.1) is 13.8 Å². The molecule has 20 heavy (non-hydrogen) atoms. The quantitative estimate of drug-likeness (QED) is 0.849. The van der Waals surface area contributed by atoms with Gasteiger partial charge in [0, 0.05) is 16.8 Å². The second kappa shape index (κ2) is 5.51. The van der Waals surface area contributed by atoms with E-state index >= 15 is 0 Å². The number of sulfonamides is 1. The molecule has 5 nitrogen and oxygen atoms in total. The smallest absolute Gasteiger partial charge is 0.241 e. The maximum Gasteiger partial charge on any atom is 0.241 e. The number of hydrogen-bond donors (Lipinski definition) is 2. The first-order valence-electron chi connectivity index (χ1n) is 6.10. The number of hydrogen-bond acceptors (Lipinski definition) is 5. The van der Waals surface area contributed by atoms with Crippen molar-refractivity contribution in [3.05, 3.63) is 39.8 Å². The lowest BCUT2D eigenvalue weighted by Gasteiger charge is -2.12. The van der Waals surface area contributed by atoms with E-state index in [0.717, 1.165) is 15.4 Å². The summed E-state index contributed by atoms with van der Waals surface area (Å²) < 4.78 is 27.2. The van der Waals surface area contributed by atoms with Crippen LogP contribution in [-0.4, -0.2) is 13.4 Å². The molecule has 0 amide bonds. The molecule has 1 aromatic heterocycles. The van der Waals surface area contributed by atoms with Crippen molar-refractivity contribution in [3.63, 3.8) is 0 Å². The molecule has 1 aromatic carbocycles. The number of nitrogens with one attached hydrogen (secondary N) is 1. The zero-order valence-electron chi connectivity index (χ0n) is 11.5. The summed E-state index contributed by atoms with van der Waals surface area (Å²) >= 11 is 1.47. The minimum Gasteiger partial charge on any atom is -0.398 e. The molecule has 0 aliphatic rings. The topological polar surface area (TPSA) is 85.1 Å². The van der Waals surface area contributed by atoms with Crippen LogP contribution in [0.1, 0.15) is 28.4 Å². The van der Waals surface area contributed by atoms with Crippen molar-refractivity contribution in [1.29, 1.82) is 0 Å². The summed E-state index contributed by atoms with van der Waals surface area (Å²) in [6.45, 7) is 5.54. The molecule has 1 heterocycles. The van der Waals surface area contributed by atoms with Gasteiger partial charge in [0.25, 0.3) is 0 Å². The Morgan fingerprint density at radius 2 is 2.05 bits per heavy atom. The van der Waals surface area contributed by atoms with Gasteiger partial charge in [0.2, 0.25) is 10.0 Å². The monoisotopic (exact) mass is 311 g/mol. The third-order valence-corrected chi connectivity index (χ3v) is 5.54. The number of nitrogens with zero attached hydrogens (tertiary/aromatic N) is 1. The minimum atomic E-state index is -3.60. The van der Waals surface area contributed by atoms with Crippen LogP contribution in [0.3, 0.4) is 0 Å². The summed E-state index contributed by atoms with van der Waals surface area (Å²) in [5.41, 5.74) is 7.08. The fourth-order valence-corrected chi connectivity index (χ4v) is 3.80. The lowest BCUT2D eigenvalue weighted by Crippen LogP contribution is -2.26. The van der Waals surface area contributed by atoms with Gasteiger partial charge in [-0.3, -0.25) is 0 Å². The molecular formula is C13H17N3O2S2. The molecule has 0 aliphatic carbocycles. The molecule has 0 fully saturated rings. The maximum atomic E-state index is 12.3. The summed E-state index contributed by atoms with van der Waals surface area (Å²) in [6, 6.07) is 4.34. The zero-order valence-corrected chi connectivity index (χ0v) is 13.2. The molecule has 0 saturated heterocycles. The van der Waals surface area contributed by atoms with Crippen LogP contribution in [0.15, 0.2) is 29.3 Å². The summed E-state index contributed by atoms with van der Waals surface area (Å²) in [5.74, 6) is 0. The second-order valence-electron chi connectivity index (χ2n) is 4.67. The molecule has 1 unspecified atom stereocenters. The first-order valence-corrected chi connectivity index (χ1v) is 8.40. The van der Waals surface area contributed by atoms with E-state index < -0.39 is 10.0 Å². The Balaban J connectivity index is 2.24. The number of nitrogens with two attached hydrogens (primary N) is 1. The molecular weight excluding hydrogens is 294 g/mol. The second-order valence-corrected chi connectivity index (χ2v) is 7.65. The van der Waals surface area contributed by atoms with Crippen LogP contribution in [0.4, 0.5) is 5.69 Å². The van der Waals surface area contributed by atoms with Crippen LogP contribution in [0.5, 0.6) is 0 Å². The average Bonchev–Trinajstić information content (AvgIpc) is 2.79. The molecule has 0 bridgehead atoms. The van der Waals surface area contributed by atoms with Gasteiger partial charge in [-0.25, -0.2) is 18.1 Å². The average molecular weight is 311 g/mol. The van der Waals surface area contributed by atoms with Crippen LogP contribution >= 0.6 is 11.3 Å². The van der Waals surface area contributed by atoms with E-state index in [4.69, 9.17) is 5.73 Å². The number of benzene rings is 1. The number of aryl methyl sites for hydroxylation is 2. The molecule has 2 rings (SSSR count). The first kappa shape index (κ1) is 15.0. The Morgan fingerprint density at radius 1 is 1.35 bits per heavy atom. The minimum absolute atomic E-state index is 0.167. The summed E-state index contributed by atoms with van der Waals surface area (Å²) in [5, 5.41) is 0.742. The van der Waals surface area contributed by atoms with Crippen molar-refractivity contribution in [1.82, 2.24) is 9.71 Å². The number of anilines is 1. The highest BCUT2D eigenvalue weighted by Crippen LogP contribution is 2.22. The lowest BCUT2D eigenvalue weighted by atomic mass is 10.2. The highest BCUT2D eigenvalue weighted by molar-refractivity contribution is 7.89. The molecule has 0 aliphatic heterocycles. The number of rotatable bonds is 4. The fraction of sp³-hybridized carbons (Fsp3) is 0.308. The van der Waals surface area contributed by atoms with Gasteiger partial charge >= 0.3 is 0 Å². The highest BCUT2D eigenvalue weighted by Gasteiger charge is 2.20. The Kier molecular flexibility index (Phi) is 4.12. The number of aromatic nitrogens is 1. The Labute approximate surface area is 122 Å². The summed E-state index contributed by atoms with van der Waals surface area (Å²) in [4.78, 5) is 5.41. The maximum absolute atomic E-state index is 12.3. The Bertz CT molecular complexity index is 723. The van der Waals surface area contributed by atoms with Crippen molar-refractivity contribution in [2.75, 3.05) is 5.73 Å². The van der Waals surface area contributed by atoms with E-state index in [1.165, 1.54) is 17.4 Å². The predicted molar refractivity (Wildman–Crippen MR) is 81.2 cm³/mol. The molecule has 0 saturated carbocycles. The number of nitrogen functional groups attached to an aromatic ring is 1. The van der Waals surface area contributed by atoms with E-state index in [0.29, 0.717) is 5.69 Å². The van der Waals surface area contributed by atoms with E-state index in [-0.39, 0.29) is 10.9 Å². The van der Waals surface area contributed by atoms with E-state index in [9.17, 15) is 8.42 Å². The molecule has 0 radical (unpaired) electrons. The van der Waals surface area contributed by atoms with Gasteiger partial charge in [0.1, 0.15) is 5.01 Å². The largest absolute Gasteiger partial charge is 0.398 e. The van der Waals surface area contributed by atoms with Gasteiger partial charge in [0.15, 0.2) is 0 Å². The molecule has 2 aromatic rings. The highest BCUT2D eigenvalue weighted by atomic mass is 32.2. The Hall–Kier alpha value is -1.44. The molecule has 1 atom stereocenters. The summed E-state index contributed by atoms with van der Waals surface area (Å²) in [7, 11) is -3.60. The lowest BCUT2D eigenvalue weighted by molar-refractivity contribution is 0.566. The van der Waals surface area contributed by atoms with Crippen molar-refractivity contribution < 1.29 is 8.42 Å².